The number of nitrogens with one attached hydrogen (secondary N) is 2. The summed E-state index contributed by atoms with van der Waals surface area (Å²) in [5.41, 5.74) is 0. The Balaban J connectivity index is 2.04. The van der Waals surface area contributed by atoms with Crippen molar-refractivity contribution in [3.63, 3.8) is 0 Å². The van der Waals surface area contributed by atoms with Crippen LogP contribution in [0.25, 0.3) is 0 Å². The molecular weight excluding hydrogens is 260 g/mol. The molecule has 1 aliphatic rings. The van der Waals surface area contributed by atoms with Crippen molar-refractivity contribution in [1.29, 1.82) is 0 Å². The minimum atomic E-state index is -0.180. The summed E-state index contributed by atoms with van der Waals surface area (Å²) in [5, 5.41) is 5.89. The van der Waals surface area contributed by atoms with Crippen LogP contribution in [0, 0.1) is 0 Å². The number of piperidine rings is 1. The van der Waals surface area contributed by atoms with Gasteiger partial charge in [-0.25, -0.2) is 9.97 Å². The monoisotopic (exact) mass is 270 g/mol. The molecule has 1 atom stereocenters. The van der Waals surface area contributed by atoms with Gasteiger partial charge < -0.3 is 10.6 Å². The highest BCUT2D eigenvalue weighted by atomic mass is 79.9. The van der Waals surface area contributed by atoms with Crippen LogP contribution in [0.4, 0.5) is 5.82 Å². The summed E-state index contributed by atoms with van der Waals surface area (Å²) in [6.45, 7) is 0.768. The number of halogens is 1. The number of carbonyl (C=O) groups excluding carboxylic acids is 1. The van der Waals surface area contributed by atoms with Gasteiger partial charge in [-0.1, -0.05) is 0 Å². The predicted molar refractivity (Wildman–Crippen MR) is 59.4 cm³/mol. The van der Waals surface area contributed by atoms with Gasteiger partial charge in [0.2, 0.25) is 5.91 Å². The molecular formula is C9H11BrN4O. The van der Waals surface area contributed by atoms with E-state index in [1.54, 1.807) is 6.07 Å². The average Bonchev–Trinajstić information content (AvgIpc) is 2.22. The lowest BCUT2D eigenvalue weighted by atomic mass is 10.1. The molecule has 1 aliphatic heterocycles. The molecule has 2 rings (SSSR count). The van der Waals surface area contributed by atoms with Gasteiger partial charge in [0.25, 0.3) is 0 Å². The van der Waals surface area contributed by atoms with E-state index in [9.17, 15) is 4.79 Å². The van der Waals surface area contributed by atoms with Gasteiger partial charge in [0.05, 0.1) is 0 Å². The molecule has 2 N–H and O–H groups in total. The Morgan fingerprint density at radius 2 is 2.40 bits per heavy atom. The first kappa shape index (κ1) is 10.4. The van der Waals surface area contributed by atoms with E-state index in [-0.39, 0.29) is 11.9 Å². The first-order chi connectivity index (χ1) is 7.25. The van der Waals surface area contributed by atoms with Crippen molar-refractivity contribution in [2.24, 2.45) is 0 Å². The molecule has 0 radical (unpaired) electrons. The zero-order chi connectivity index (χ0) is 10.7. The minimum absolute atomic E-state index is 0.0379. The number of aromatic nitrogens is 2. The average molecular weight is 271 g/mol. The molecule has 15 heavy (non-hydrogen) atoms. The van der Waals surface area contributed by atoms with Gasteiger partial charge in [-0.2, -0.15) is 0 Å². The Bertz CT molecular complexity index is 371. The molecule has 1 unspecified atom stereocenters. The van der Waals surface area contributed by atoms with Gasteiger partial charge in [-0.3, -0.25) is 4.79 Å². The summed E-state index contributed by atoms with van der Waals surface area (Å²) < 4.78 is 0.705. The van der Waals surface area contributed by atoms with Crippen molar-refractivity contribution in [2.45, 2.75) is 18.9 Å². The van der Waals surface area contributed by atoms with Crippen molar-refractivity contribution in [3.8, 4) is 0 Å². The summed E-state index contributed by atoms with van der Waals surface area (Å²) in [7, 11) is 0. The molecule has 1 aromatic rings. The lowest BCUT2D eigenvalue weighted by Gasteiger charge is -2.23. The number of carbonyl (C=O) groups is 1. The van der Waals surface area contributed by atoms with E-state index in [0.717, 1.165) is 19.4 Å². The van der Waals surface area contributed by atoms with E-state index in [0.29, 0.717) is 10.4 Å². The molecule has 80 valence electrons. The van der Waals surface area contributed by atoms with Crippen LogP contribution in [0.15, 0.2) is 17.0 Å². The van der Waals surface area contributed by atoms with E-state index in [1.807, 2.05) is 0 Å². The van der Waals surface area contributed by atoms with Crippen LogP contribution < -0.4 is 10.6 Å². The SMILES string of the molecule is O=C1NCCCC1Nc1cc(Br)ncn1. The van der Waals surface area contributed by atoms with Crippen LogP contribution in [0.5, 0.6) is 0 Å². The van der Waals surface area contributed by atoms with Crippen LogP contribution in [-0.2, 0) is 4.79 Å². The third-order valence-corrected chi connectivity index (χ3v) is 2.67. The van der Waals surface area contributed by atoms with E-state index in [1.165, 1.54) is 6.33 Å². The van der Waals surface area contributed by atoms with Crippen LogP contribution in [-0.4, -0.2) is 28.5 Å². The zero-order valence-corrected chi connectivity index (χ0v) is 9.62. The first-order valence-electron chi connectivity index (χ1n) is 4.77. The molecule has 0 bridgehead atoms. The molecule has 5 nitrogen and oxygen atoms in total. The van der Waals surface area contributed by atoms with E-state index in [4.69, 9.17) is 0 Å². The normalized spacial score (nSPS) is 20.9. The topological polar surface area (TPSA) is 66.9 Å². The largest absolute Gasteiger partial charge is 0.358 e. The molecule has 1 fully saturated rings. The predicted octanol–water partition coefficient (Wildman–Crippen LogP) is 0.930. The van der Waals surface area contributed by atoms with Crippen molar-refractivity contribution in [1.82, 2.24) is 15.3 Å². The van der Waals surface area contributed by atoms with Gasteiger partial charge in [-0.15, -0.1) is 0 Å². The van der Waals surface area contributed by atoms with Crippen molar-refractivity contribution >= 4 is 27.7 Å². The first-order valence-corrected chi connectivity index (χ1v) is 5.57. The summed E-state index contributed by atoms with van der Waals surface area (Å²) in [4.78, 5) is 19.4. The fraction of sp³-hybridized carbons (Fsp3) is 0.444. The maximum atomic E-state index is 11.5. The molecule has 0 saturated carbocycles. The standard InChI is InChI=1S/C9H11BrN4O/c10-7-4-8(13-5-12-7)14-6-2-1-3-11-9(6)15/h4-6H,1-3H2,(H,11,15)(H,12,13,14). The fourth-order valence-electron chi connectivity index (χ4n) is 1.50. The van der Waals surface area contributed by atoms with Crippen LogP contribution in [0.1, 0.15) is 12.8 Å². The second kappa shape index (κ2) is 4.57. The van der Waals surface area contributed by atoms with Gasteiger partial charge in [0.1, 0.15) is 22.8 Å². The van der Waals surface area contributed by atoms with E-state index in [2.05, 4.69) is 36.5 Å². The van der Waals surface area contributed by atoms with Crippen LogP contribution in [0.2, 0.25) is 0 Å². The summed E-state index contributed by atoms with van der Waals surface area (Å²) in [6.07, 6.45) is 3.29. The smallest absolute Gasteiger partial charge is 0.242 e. The highest BCUT2D eigenvalue weighted by Gasteiger charge is 2.21. The molecule has 1 saturated heterocycles. The lowest BCUT2D eigenvalue weighted by molar-refractivity contribution is -0.123. The number of nitrogens with zero attached hydrogens (tertiary/aromatic N) is 2. The fourth-order valence-corrected chi connectivity index (χ4v) is 1.81. The van der Waals surface area contributed by atoms with Gasteiger partial charge >= 0.3 is 0 Å². The quantitative estimate of drug-likeness (QED) is 0.785. The molecule has 1 amide bonds. The Morgan fingerprint density at radius 1 is 1.53 bits per heavy atom. The third-order valence-electron chi connectivity index (χ3n) is 2.24. The Hall–Kier alpha value is -1.17. The van der Waals surface area contributed by atoms with Gasteiger partial charge in [-0.05, 0) is 28.8 Å². The molecule has 1 aromatic heterocycles. The number of anilines is 1. The second-order valence-electron chi connectivity index (χ2n) is 3.36. The molecule has 0 aromatic carbocycles. The molecule has 0 aliphatic carbocycles. The van der Waals surface area contributed by atoms with E-state index >= 15 is 0 Å². The summed E-state index contributed by atoms with van der Waals surface area (Å²) in [5.74, 6) is 0.704. The maximum Gasteiger partial charge on any atom is 0.242 e. The molecule has 6 heteroatoms. The Morgan fingerprint density at radius 3 is 3.13 bits per heavy atom. The number of hydrogen-bond acceptors (Lipinski definition) is 4. The maximum absolute atomic E-state index is 11.5. The Kier molecular flexibility index (Phi) is 3.15. The highest BCUT2D eigenvalue weighted by molar-refractivity contribution is 9.10. The van der Waals surface area contributed by atoms with Crippen molar-refractivity contribution in [3.05, 3.63) is 17.0 Å². The number of rotatable bonds is 2. The van der Waals surface area contributed by atoms with Gasteiger partial charge in [0, 0.05) is 12.6 Å². The molecule has 2 heterocycles. The summed E-state index contributed by atoms with van der Waals surface area (Å²) in [6, 6.07) is 1.57. The number of hydrogen-bond donors (Lipinski definition) is 2. The second-order valence-corrected chi connectivity index (χ2v) is 4.17. The van der Waals surface area contributed by atoms with Crippen molar-refractivity contribution in [2.75, 3.05) is 11.9 Å². The summed E-state index contributed by atoms with van der Waals surface area (Å²) >= 11 is 3.25. The molecule has 0 spiro atoms. The van der Waals surface area contributed by atoms with E-state index < -0.39 is 0 Å². The minimum Gasteiger partial charge on any atom is -0.358 e. The van der Waals surface area contributed by atoms with Crippen LogP contribution in [0.3, 0.4) is 0 Å². The Labute approximate surface area is 95.8 Å². The van der Waals surface area contributed by atoms with Crippen LogP contribution >= 0.6 is 15.9 Å². The zero-order valence-electron chi connectivity index (χ0n) is 8.03. The van der Waals surface area contributed by atoms with Crippen molar-refractivity contribution < 1.29 is 4.79 Å². The lowest BCUT2D eigenvalue weighted by Crippen LogP contribution is -2.44. The highest BCUT2D eigenvalue weighted by Crippen LogP contribution is 2.13. The number of amides is 1. The van der Waals surface area contributed by atoms with Gasteiger partial charge in [0.15, 0.2) is 0 Å². The third kappa shape index (κ3) is 2.65.